The van der Waals surface area contributed by atoms with Crippen molar-refractivity contribution in [2.24, 2.45) is 4.99 Å². The number of hydrogen-bond acceptors (Lipinski definition) is 2. The van der Waals surface area contributed by atoms with Crippen molar-refractivity contribution >= 4 is 11.4 Å². The first-order valence-electron chi connectivity index (χ1n) is 13.9. The van der Waals surface area contributed by atoms with E-state index in [-0.39, 0.29) is 5.41 Å². The van der Waals surface area contributed by atoms with E-state index in [1.807, 2.05) is 0 Å². The van der Waals surface area contributed by atoms with Crippen molar-refractivity contribution in [3.05, 3.63) is 23.8 Å². The van der Waals surface area contributed by atoms with E-state index >= 15 is 0 Å². The summed E-state index contributed by atoms with van der Waals surface area (Å²) in [4.78, 5) is 5.04. The molecular formula is C30H51NO. The van der Waals surface area contributed by atoms with Crippen LogP contribution in [0, 0.1) is 0 Å². The van der Waals surface area contributed by atoms with E-state index < -0.39 is 0 Å². The van der Waals surface area contributed by atoms with Crippen LogP contribution in [-0.2, 0) is 5.41 Å². The lowest BCUT2D eigenvalue weighted by molar-refractivity contribution is 0.407. The molecule has 0 aliphatic carbocycles. The molecule has 1 heterocycles. The molecule has 1 aliphatic heterocycles. The molecule has 0 radical (unpaired) electrons. The number of ether oxygens (including phenoxy) is 1. The molecule has 0 N–H and O–H groups in total. The third-order valence-corrected chi connectivity index (χ3v) is 7.61. The minimum Gasteiger partial charge on any atom is -0.497 e. The molecule has 0 fully saturated rings. The van der Waals surface area contributed by atoms with Crippen LogP contribution >= 0.6 is 0 Å². The van der Waals surface area contributed by atoms with Crippen LogP contribution in [0.5, 0.6) is 5.75 Å². The minimum absolute atomic E-state index is 0.133. The van der Waals surface area contributed by atoms with Gasteiger partial charge in [0.15, 0.2) is 0 Å². The average Bonchev–Trinajstić information content (AvgIpc) is 3.08. The van der Waals surface area contributed by atoms with Crippen molar-refractivity contribution in [1.82, 2.24) is 0 Å². The van der Waals surface area contributed by atoms with E-state index in [4.69, 9.17) is 9.73 Å². The first kappa shape index (κ1) is 26.9. The van der Waals surface area contributed by atoms with E-state index in [1.165, 1.54) is 133 Å². The van der Waals surface area contributed by atoms with E-state index in [1.54, 1.807) is 7.11 Å². The van der Waals surface area contributed by atoms with Crippen LogP contribution in [0.4, 0.5) is 5.69 Å². The largest absolute Gasteiger partial charge is 0.497 e. The highest BCUT2D eigenvalue weighted by Gasteiger charge is 2.40. The molecule has 0 saturated carbocycles. The van der Waals surface area contributed by atoms with Crippen LogP contribution in [0.1, 0.15) is 142 Å². The van der Waals surface area contributed by atoms with Gasteiger partial charge in [0, 0.05) is 11.1 Å². The van der Waals surface area contributed by atoms with E-state index in [2.05, 4.69) is 39.0 Å². The fourth-order valence-corrected chi connectivity index (χ4v) is 5.48. The number of rotatable bonds is 19. The second kappa shape index (κ2) is 15.5. The Bertz CT molecular complexity index is 643. The molecular weight excluding hydrogens is 390 g/mol. The first-order chi connectivity index (χ1) is 15.7. The van der Waals surface area contributed by atoms with Gasteiger partial charge in [-0.15, -0.1) is 0 Å². The number of hydrogen-bond donors (Lipinski definition) is 0. The molecule has 0 spiro atoms. The van der Waals surface area contributed by atoms with Gasteiger partial charge in [-0.2, -0.15) is 0 Å². The Kier molecular flexibility index (Phi) is 13.1. The van der Waals surface area contributed by atoms with Crippen molar-refractivity contribution < 1.29 is 4.74 Å². The van der Waals surface area contributed by atoms with Crippen LogP contribution in [0.25, 0.3) is 0 Å². The Labute approximate surface area is 199 Å². The third-order valence-electron chi connectivity index (χ3n) is 7.61. The van der Waals surface area contributed by atoms with Crippen molar-refractivity contribution in [2.45, 2.75) is 142 Å². The summed E-state index contributed by atoms with van der Waals surface area (Å²) in [5.41, 5.74) is 4.09. The second-order valence-electron chi connectivity index (χ2n) is 10.1. The monoisotopic (exact) mass is 441 g/mol. The summed E-state index contributed by atoms with van der Waals surface area (Å²) in [6.45, 7) is 6.87. The molecule has 182 valence electrons. The van der Waals surface area contributed by atoms with Crippen molar-refractivity contribution in [3.8, 4) is 5.75 Å². The number of fused-ring (bicyclic) bond motifs is 1. The van der Waals surface area contributed by atoms with Gasteiger partial charge in [0.05, 0.1) is 12.8 Å². The Morgan fingerprint density at radius 3 is 1.62 bits per heavy atom. The van der Waals surface area contributed by atoms with E-state index in [9.17, 15) is 0 Å². The van der Waals surface area contributed by atoms with Crippen LogP contribution < -0.4 is 4.74 Å². The Hall–Kier alpha value is -1.31. The summed E-state index contributed by atoms with van der Waals surface area (Å²) in [5, 5.41) is 0. The molecule has 1 aromatic rings. The summed E-state index contributed by atoms with van der Waals surface area (Å²) in [7, 11) is 1.78. The van der Waals surface area contributed by atoms with Gasteiger partial charge < -0.3 is 4.74 Å². The Balaban J connectivity index is 1.92. The van der Waals surface area contributed by atoms with E-state index in [0.29, 0.717) is 0 Å². The molecule has 2 heteroatoms. The summed E-state index contributed by atoms with van der Waals surface area (Å²) in [6.07, 6.45) is 24.5. The molecule has 0 atom stereocenters. The Morgan fingerprint density at radius 1 is 0.688 bits per heavy atom. The Morgan fingerprint density at radius 2 is 1.16 bits per heavy atom. The molecule has 2 nitrogen and oxygen atoms in total. The number of unbranched alkanes of at least 4 members (excludes halogenated alkanes) is 14. The lowest BCUT2D eigenvalue weighted by Gasteiger charge is -2.32. The zero-order valence-electron chi connectivity index (χ0n) is 21.8. The van der Waals surface area contributed by atoms with Gasteiger partial charge in [-0.25, -0.2) is 0 Å². The lowest BCUT2D eigenvalue weighted by atomic mass is 9.70. The maximum absolute atomic E-state index is 5.60. The van der Waals surface area contributed by atoms with Crippen LogP contribution in [0.15, 0.2) is 23.2 Å². The highest BCUT2D eigenvalue weighted by Crippen LogP contribution is 2.48. The SMILES string of the molecule is CCCCCCCCCCC1(CCCCCCCCCC)C(C)=Nc2ccc(OC)cc21. The molecule has 0 amide bonds. The topological polar surface area (TPSA) is 21.6 Å². The molecule has 0 aromatic heterocycles. The van der Waals surface area contributed by atoms with Crippen molar-refractivity contribution in [3.63, 3.8) is 0 Å². The standard InChI is InChI=1S/C30H51NO/c1-5-7-9-11-13-15-17-19-23-30(24-20-18-16-14-12-10-8-6-2)26(3)31-29-22-21-27(32-4)25-28(29)30/h21-22,25H,5-20,23-24H2,1-4H3. The summed E-state index contributed by atoms with van der Waals surface area (Å²) in [6, 6.07) is 6.52. The van der Waals surface area contributed by atoms with Crippen molar-refractivity contribution in [1.29, 1.82) is 0 Å². The summed E-state index contributed by atoms with van der Waals surface area (Å²) < 4.78 is 5.60. The highest BCUT2D eigenvalue weighted by molar-refractivity contribution is 6.00. The van der Waals surface area contributed by atoms with Gasteiger partial charge in [-0.05, 0) is 43.5 Å². The summed E-state index contributed by atoms with van der Waals surface area (Å²) >= 11 is 0. The number of benzene rings is 1. The van der Waals surface area contributed by atoms with Crippen LogP contribution in [0.2, 0.25) is 0 Å². The predicted molar refractivity (Wildman–Crippen MR) is 142 cm³/mol. The van der Waals surface area contributed by atoms with Crippen molar-refractivity contribution in [2.75, 3.05) is 7.11 Å². The first-order valence-corrected chi connectivity index (χ1v) is 13.9. The quantitative estimate of drug-likeness (QED) is 0.196. The molecule has 0 unspecified atom stereocenters. The average molecular weight is 442 g/mol. The van der Waals surface area contributed by atoms with Crippen LogP contribution in [-0.4, -0.2) is 12.8 Å². The summed E-state index contributed by atoms with van der Waals surface area (Å²) in [5.74, 6) is 0.977. The zero-order valence-corrected chi connectivity index (χ0v) is 21.8. The number of aliphatic imine (C=N–C) groups is 1. The van der Waals surface area contributed by atoms with E-state index in [0.717, 1.165) is 5.75 Å². The molecule has 0 saturated heterocycles. The highest BCUT2D eigenvalue weighted by atomic mass is 16.5. The maximum Gasteiger partial charge on any atom is 0.119 e. The number of methoxy groups -OCH3 is 1. The van der Waals surface area contributed by atoms with Gasteiger partial charge in [-0.3, -0.25) is 4.99 Å². The smallest absolute Gasteiger partial charge is 0.119 e. The van der Waals surface area contributed by atoms with Gasteiger partial charge >= 0.3 is 0 Å². The van der Waals surface area contributed by atoms with Gasteiger partial charge in [-0.1, -0.05) is 117 Å². The van der Waals surface area contributed by atoms with Gasteiger partial charge in [0.1, 0.15) is 5.75 Å². The fraction of sp³-hybridized carbons (Fsp3) is 0.767. The molecule has 1 aromatic carbocycles. The van der Waals surface area contributed by atoms with Crippen LogP contribution in [0.3, 0.4) is 0 Å². The zero-order chi connectivity index (χ0) is 23.1. The number of nitrogens with zero attached hydrogens (tertiary/aromatic N) is 1. The maximum atomic E-state index is 5.60. The normalized spacial score (nSPS) is 14.4. The molecule has 1 aliphatic rings. The lowest BCUT2D eigenvalue weighted by Crippen LogP contribution is -2.31. The second-order valence-corrected chi connectivity index (χ2v) is 10.1. The molecule has 32 heavy (non-hydrogen) atoms. The van der Waals surface area contributed by atoms with Gasteiger partial charge in [0.2, 0.25) is 0 Å². The third kappa shape index (κ3) is 8.23. The molecule has 2 rings (SSSR count). The van der Waals surface area contributed by atoms with Gasteiger partial charge in [0.25, 0.3) is 0 Å². The fourth-order valence-electron chi connectivity index (χ4n) is 5.48. The predicted octanol–water partition coefficient (Wildman–Crippen LogP) is 10.1. The minimum atomic E-state index is 0.133. The molecule has 0 bridgehead atoms.